The zero-order valence-corrected chi connectivity index (χ0v) is 8.18. The number of hydrogen-bond donors (Lipinski definition) is 0. The molecule has 2 rings (SSSR count). The summed E-state index contributed by atoms with van der Waals surface area (Å²) < 4.78 is 5.18. The molecule has 72 valence electrons. The van der Waals surface area contributed by atoms with Crippen molar-refractivity contribution in [2.75, 3.05) is 6.54 Å². The van der Waals surface area contributed by atoms with E-state index in [2.05, 4.69) is 18.0 Å². The zero-order valence-electron chi connectivity index (χ0n) is 8.18. The van der Waals surface area contributed by atoms with Crippen LogP contribution in [-0.2, 0) is 0 Å². The molecule has 0 saturated heterocycles. The van der Waals surface area contributed by atoms with Crippen LogP contribution >= 0.6 is 0 Å². The Hall–Kier alpha value is -1.57. The van der Waals surface area contributed by atoms with Crippen molar-refractivity contribution in [2.24, 2.45) is 10.9 Å². The van der Waals surface area contributed by atoms with Crippen LogP contribution in [0, 0.1) is 5.92 Å². The molecular weight excluding hydrogens is 174 g/mol. The molecule has 0 N–H and O–H groups in total. The highest BCUT2D eigenvalue weighted by Crippen LogP contribution is 2.07. The van der Waals surface area contributed by atoms with Crippen LogP contribution in [0.15, 0.2) is 46.0 Å². The van der Waals surface area contributed by atoms with Gasteiger partial charge in [-0.1, -0.05) is 13.0 Å². The third-order valence-corrected chi connectivity index (χ3v) is 2.12. The molecule has 1 aromatic rings. The molecule has 1 aliphatic rings. The molecule has 2 heterocycles. The number of dihydropyridines is 1. The topological polar surface area (TPSA) is 25.5 Å². The average molecular weight is 187 g/mol. The normalized spacial score (nSPS) is 21.5. The number of nitrogens with zero attached hydrogens (tertiary/aromatic N) is 1. The highest BCUT2D eigenvalue weighted by atomic mass is 16.3. The Morgan fingerprint density at radius 1 is 1.50 bits per heavy atom. The lowest BCUT2D eigenvalue weighted by Gasteiger charge is -2.07. The number of allylic oxidation sites excluding steroid dienone is 2. The first-order chi connectivity index (χ1) is 6.84. The maximum Gasteiger partial charge on any atom is 0.126 e. The summed E-state index contributed by atoms with van der Waals surface area (Å²) in [6, 6.07) is 3.80. The van der Waals surface area contributed by atoms with Gasteiger partial charge in [-0.15, -0.1) is 0 Å². The molecule has 0 aromatic carbocycles. The van der Waals surface area contributed by atoms with E-state index < -0.39 is 0 Å². The molecule has 0 amide bonds. The maximum absolute atomic E-state index is 5.18. The van der Waals surface area contributed by atoms with E-state index in [1.165, 1.54) is 0 Å². The number of rotatable bonds is 2. The van der Waals surface area contributed by atoms with Gasteiger partial charge in [0.15, 0.2) is 0 Å². The molecule has 0 saturated carbocycles. The molecule has 1 atom stereocenters. The minimum atomic E-state index is 0.566. The van der Waals surface area contributed by atoms with Crippen molar-refractivity contribution in [3.63, 3.8) is 0 Å². The van der Waals surface area contributed by atoms with Crippen LogP contribution in [0.5, 0.6) is 0 Å². The van der Waals surface area contributed by atoms with Gasteiger partial charge < -0.3 is 4.42 Å². The predicted octanol–water partition coefficient (Wildman–Crippen LogP) is 2.94. The molecule has 0 radical (unpaired) electrons. The summed E-state index contributed by atoms with van der Waals surface area (Å²) in [5, 5.41) is 0. The second-order valence-corrected chi connectivity index (χ2v) is 3.45. The van der Waals surface area contributed by atoms with E-state index in [9.17, 15) is 0 Å². The minimum absolute atomic E-state index is 0.566. The van der Waals surface area contributed by atoms with Gasteiger partial charge >= 0.3 is 0 Å². The van der Waals surface area contributed by atoms with Crippen LogP contribution in [0.1, 0.15) is 12.7 Å². The van der Waals surface area contributed by atoms with Crippen LogP contribution in [0.2, 0.25) is 0 Å². The van der Waals surface area contributed by atoms with Crippen molar-refractivity contribution in [3.05, 3.63) is 42.4 Å². The Balaban J connectivity index is 2.02. The molecule has 0 fully saturated rings. The van der Waals surface area contributed by atoms with Crippen molar-refractivity contribution in [1.82, 2.24) is 0 Å². The Morgan fingerprint density at radius 3 is 3.07 bits per heavy atom. The van der Waals surface area contributed by atoms with Crippen molar-refractivity contribution in [1.29, 1.82) is 0 Å². The fraction of sp³-hybridized carbons (Fsp3) is 0.250. The van der Waals surface area contributed by atoms with Crippen LogP contribution in [0.25, 0.3) is 6.08 Å². The summed E-state index contributed by atoms with van der Waals surface area (Å²) >= 11 is 0. The molecule has 14 heavy (non-hydrogen) atoms. The molecule has 2 nitrogen and oxygen atoms in total. The van der Waals surface area contributed by atoms with Crippen LogP contribution < -0.4 is 0 Å². The first-order valence-corrected chi connectivity index (χ1v) is 4.79. The quantitative estimate of drug-likeness (QED) is 0.698. The summed E-state index contributed by atoms with van der Waals surface area (Å²) in [4.78, 5) is 4.41. The zero-order chi connectivity index (χ0) is 9.80. The molecular formula is C12H13NO. The number of aliphatic imine (C=N–C) groups is 1. The van der Waals surface area contributed by atoms with Crippen molar-refractivity contribution in [3.8, 4) is 0 Å². The highest BCUT2D eigenvalue weighted by Gasteiger charge is 2.01. The molecule has 0 spiro atoms. The van der Waals surface area contributed by atoms with E-state index in [1.807, 2.05) is 30.4 Å². The number of furan rings is 1. The first kappa shape index (κ1) is 9.00. The standard InChI is InChI=1S/C12H13NO/c1-10-4-5-11(13-9-10)6-7-12-3-2-8-14-12/h2-8,10H,9H2,1H3/b7-6+. The van der Waals surface area contributed by atoms with Gasteiger partial charge in [0, 0.05) is 6.54 Å². The third kappa shape index (κ3) is 2.22. The van der Waals surface area contributed by atoms with Gasteiger partial charge in [0.1, 0.15) is 5.76 Å². The van der Waals surface area contributed by atoms with Crippen molar-refractivity contribution < 1.29 is 4.42 Å². The van der Waals surface area contributed by atoms with Crippen LogP contribution in [0.3, 0.4) is 0 Å². The van der Waals surface area contributed by atoms with Gasteiger partial charge in [-0.05, 0) is 36.3 Å². The smallest absolute Gasteiger partial charge is 0.126 e. The van der Waals surface area contributed by atoms with E-state index in [4.69, 9.17) is 4.42 Å². The Morgan fingerprint density at radius 2 is 2.43 bits per heavy atom. The second-order valence-electron chi connectivity index (χ2n) is 3.45. The lowest BCUT2D eigenvalue weighted by Crippen LogP contribution is -2.04. The predicted molar refractivity (Wildman–Crippen MR) is 58.3 cm³/mol. The molecule has 2 heteroatoms. The average Bonchev–Trinajstić information content (AvgIpc) is 2.70. The molecule has 1 aliphatic heterocycles. The summed E-state index contributed by atoms with van der Waals surface area (Å²) in [7, 11) is 0. The van der Waals surface area contributed by atoms with E-state index in [1.54, 1.807) is 6.26 Å². The highest BCUT2D eigenvalue weighted by molar-refractivity contribution is 6.06. The maximum atomic E-state index is 5.18. The van der Waals surface area contributed by atoms with Gasteiger partial charge in [-0.3, -0.25) is 4.99 Å². The minimum Gasteiger partial charge on any atom is -0.465 e. The van der Waals surface area contributed by atoms with Crippen molar-refractivity contribution in [2.45, 2.75) is 6.92 Å². The number of hydrogen-bond acceptors (Lipinski definition) is 2. The van der Waals surface area contributed by atoms with Crippen LogP contribution in [0.4, 0.5) is 0 Å². The molecule has 0 aliphatic carbocycles. The Labute approximate surface area is 83.7 Å². The fourth-order valence-corrected chi connectivity index (χ4v) is 1.29. The SMILES string of the molecule is CC1C=CC(/C=C/c2ccco2)=NC1. The fourth-order valence-electron chi connectivity index (χ4n) is 1.29. The van der Waals surface area contributed by atoms with E-state index >= 15 is 0 Å². The first-order valence-electron chi connectivity index (χ1n) is 4.79. The van der Waals surface area contributed by atoms with Crippen molar-refractivity contribution >= 4 is 11.8 Å². The second kappa shape index (κ2) is 4.09. The monoisotopic (exact) mass is 187 g/mol. The van der Waals surface area contributed by atoms with Gasteiger partial charge in [-0.2, -0.15) is 0 Å². The van der Waals surface area contributed by atoms with E-state index in [-0.39, 0.29) is 0 Å². The Bertz CT molecular complexity index is 371. The molecule has 1 unspecified atom stereocenters. The van der Waals surface area contributed by atoms with E-state index in [0.717, 1.165) is 18.0 Å². The van der Waals surface area contributed by atoms with Gasteiger partial charge in [0.05, 0.1) is 12.0 Å². The van der Waals surface area contributed by atoms with Gasteiger partial charge in [0.2, 0.25) is 0 Å². The van der Waals surface area contributed by atoms with Gasteiger partial charge in [-0.25, -0.2) is 0 Å². The summed E-state index contributed by atoms with van der Waals surface area (Å²) in [5.74, 6) is 1.43. The largest absolute Gasteiger partial charge is 0.465 e. The lowest BCUT2D eigenvalue weighted by atomic mass is 10.1. The summed E-state index contributed by atoms with van der Waals surface area (Å²) in [6.45, 7) is 3.04. The van der Waals surface area contributed by atoms with E-state index in [0.29, 0.717) is 5.92 Å². The summed E-state index contributed by atoms with van der Waals surface area (Å²) in [6.07, 6.45) is 9.79. The Kier molecular flexibility index (Phi) is 2.63. The summed E-state index contributed by atoms with van der Waals surface area (Å²) in [5.41, 5.74) is 1.01. The molecule has 0 bridgehead atoms. The van der Waals surface area contributed by atoms with Crippen LogP contribution in [-0.4, -0.2) is 12.3 Å². The third-order valence-electron chi connectivity index (χ3n) is 2.12. The molecule has 1 aromatic heterocycles. The lowest BCUT2D eigenvalue weighted by molar-refractivity contribution is 0.557. The van der Waals surface area contributed by atoms with Gasteiger partial charge in [0.25, 0.3) is 0 Å².